The third-order valence-electron chi connectivity index (χ3n) is 2.25. The predicted molar refractivity (Wildman–Crippen MR) is 54.1 cm³/mol. The van der Waals surface area contributed by atoms with Crippen LogP contribution >= 0.6 is 0 Å². The van der Waals surface area contributed by atoms with E-state index in [2.05, 4.69) is 0 Å². The third kappa shape index (κ3) is 3.87. The van der Waals surface area contributed by atoms with Crippen molar-refractivity contribution in [1.29, 1.82) is 0 Å². The molecule has 8 heteroatoms. The fourth-order valence-electron chi connectivity index (χ4n) is 1.55. The van der Waals surface area contributed by atoms with Gasteiger partial charge in [-0.15, -0.1) is 0 Å². The van der Waals surface area contributed by atoms with Crippen molar-refractivity contribution in [2.24, 2.45) is 0 Å². The van der Waals surface area contributed by atoms with E-state index in [1.165, 1.54) is 5.32 Å². The maximum atomic E-state index is 12.8. The summed E-state index contributed by atoms with van der Waals surface area (Å²) in [6, 6.07) is 0.564. The highest BCUT2D eigenvalue weighted by molar-refractivity contribution is 5.73. The fraction of sp³-hybridized carbons (Fsp3) is 0.364. The number of benzene rings is 1. The first-order chi connectivity index (χ1) is 8.53. The maximum Gasteiger partial charge on any atom is 0.416 e. The van der Waals surface area contributed by atoms with Crippen molar-refractivity contribution >= 4 is 5.91 Å². The van der Waals surface area contributed by atoms with E-state index >= 15 is 0 Å². The van der Waals surface area contributed by atoms with Crippen LogP contribution in [0.1, 0.15) is 24.1 Å². The minimum absolute atomic E-state index is 0.538. The van der Waals surface area contributed by atoms with E-state index in [1.807, 2.05) is 0 Å². The Morgan fingerprint density at radius 3 is 2.05 bits per heavy atom. The molecule has 106 valence electrons. The molecule has 1 atom stereocenters. The monoisotopic (exact) mass is 285 g/mol. The maximum absolute atomic E-state index is 12.8. The first-order valence-electron chi connectivity index (χ1n) is 5.03. The molecule has 2 nitrogen and oxygen atoms in total. The van der Waals surface area contributed by atoms with Gasteiger partial charge in [0.15, 0.2) is 6.04 Å². The molecule has 0 saturated heterocycles. The third-order valence-corrected chi connectivity index (χ3v) is 2.25. The van der Waals surface area contributed by atoms with E-state index in [1.54, 1.807) is 0 Å². The van der Waals surface area contributed by atoms with Crippen LogP contribution in [0.5, 0.6) is 0 Å². The fourth-order valence-corrected chi connectivity index (χ4v) is 1.55. The van der Waals surface area contributed by atoms with E-state index in [0.717, 1.165) is 19.1 Å². The Bertz CT molecular complexity index is 465. The number of rotatable bonds is 2. The van der Waals surface area contributed by atoms with Crippen molar-refractivity contribution in [3.05, 3.63) is 35.4 Å². The molecule has 19 heavy (non-hydrogen) atoms. The molecule has 0 saturated carbocycles. The zero-order chi connectivity index (χ0) is 14.8. The number of nitrogens with one attached hydrogen (secondary N) is 1. The first kappa shape index (κ1) is 15.3. The van der Waals surface area contributed by atoms with Gasteiger partial charge in [0.05, 0.1) is 5.56 Å². The average Bonchev–Trinajstić information content (AvgIpc) is 2.23. The summed E-state index contributed by atoms with van der Waals surface area (Å²) >= 11 is 0. The van der Waals surface area contributed by atoms with Gasteiger partial charge >= 0.3 is 12.4 Å². The summed E-state index contributed by atoms with van der Waals surface area (Å²) in [7, 11) is 0. The van der Waals surface area contributed by atoms with Crippen LogP contribution in [0.2, 0.25) is 0 Å². The summed E-state index contributed by atoms with van der Waals surface area (Å²) in [5, 5.41) is 1.48. The Morgan fingerprint density at radius 2 is 1.63 bits per heavy atom. The summed E-state index contributed by atoms with van der Waals surface area (Å²) in [4.78, 5) is 10.7. The lowest BCUT2D eigenvalue weighted by Crippen LogP contribution is -2.38. The molecular formula is C11H9F6NO. The molecule has 1 N–H and O–H groups in total. The molecule has 0 aliphatic heterocycles. The van der Waals surface area contributed by atoms with Crippen LogP contribution in [0, 0.1) is 0 Å². The number of halogens is 6. The number of alkyl halides is 6. The van der Waals surface area contributed by atoms with Crippen LogP contribution in [-0.2, 0) is 11.0 Å². The largest absolute Gasteiger partial charge is 0.416 e. The van der Waals surface area contributed by atoms with Crippen molar-refractivity contribution in [3.63, 3.8) is 0 Å². The van der Waals surface area contributed by atoms with Gasteiger partial charge in [0.2, 0.25) is 5.91 Å². The molecule has 0 spiro atoms. The Hall–Kier alpha value is -1.73. The van der Waals surface area contributed by atoms with Crippen LogP contribution in [0.4, 0.5) is 26.3 Å². The van der Waals surface area contributed by atoms with Crippen LogP contribution in [0.25, 0.3) is 0 Å². The second kappa shape index (κ2) is 5.10. The molecule has 0 fully saturated rings. The molecular weight excluding hydrogens is 276 g/mol. The lowest BCUT2D eigenvalue weighted by molar-refractivity contribution is -0.166. The number of hydrogen-bond donors (Lipinski definition) is 1. The van der Waals surface area contributed by atoms with Gasteiger partial charge in [0.1, 0.15) is 0 Å². The van der Waals surface area contributed by atoms with Crippen molar-refractivity contribution in [2.45, 2.75) is 25.3 Å². The zero-order valence-electron chi connectivity index (χ0n) is 9.56. The quantitative estimate of drug-likeness (QED) is 0.828. The number of carbonyl (C=O) groups excluding carboxylic acids is 1. The van der Waals surface area contributed by atoms with E-state index in [4.69, 9.17) is 0 Å². The van der Waals surface area contributed by atoms with E-state index in [9.17, 15) is 31.1 Å². The van der Waals surface area contributed by atoms with E-state index < -0.39 is 35.4 Å². The Labute approximate surface area is 104 Å². The molecule has 0 aromatic heterocycles. The lowest BCUT2D eigenvalue weighted by Gasteiger charge is -2.24. The normalized spacial score (nSPS) is 14.1. The minimum atomic E-state index is -5.02. The van der Waals surface area contributed by atoms with E-state index in [0.29, 0.717) is 12.1 Å². The summed E-state index contributed by atoms with van der Waals surface area (Å²) in [5.74, 6) is -1.07. The summed E-state index contributed by atoms with van der Waals surface area (Å²) in [6.45, 7) is 0.801. The Morgan fingerprint density at radius 1 is 1.11 bits per heavy atom. The second-order valence-electron chi connectivity index (χ2n) is 3.76. The number of carbonyl (C=O) groups is 1. The Balaban J connectivity index is 3.35. The smallest absolute Gasteiger partial charge is 0.341 e. The van der Waals surface area contributed by atoms with Gasteiger partial charge in [-0.25, -0.2) is 0 Å². The van der Waals surface area contributed by atoms with Gasteiger partial charge in [-0.3, -0.25) is 4.79 Å². The first-order valence-corrected chi connectivity index (χ1v) is 5.03. The van der Waals surface area contributed by atoms with E-state index in [-0.39, 0.29) is 0 Å². The molecule has 0 unspecified atom stereocenters. The van der Waals surface area contributed by atoms with Gasteiger partial charge in [-0.1, -0.05) is 18.2 Å². The van der Waals surface area contributed by atoms with Crippen molar-refractivity contribution in [3.8, 4) is 0 Å². The average molecular weight is 285 g/mol. The predicted octanol–water partition coefficient (Wildman–Crippen LogP) is 3.44. The molecule has 1 aromatic rings. The highest BCUT2D eigenvalue weighted by atomic mass is 19.4. The zero-order valence-corrected chi connectivity index (χ0v) is 9.56. The topological polar surface area (TPSA) is 29.1 Å². The standard InChI is InChI=1S/C11H9F6NO/c1-6(19)18-9(11(15,16)17)7-4-2-3-5-8(7)10(12,13)14/h2-5,9H,1H3,(H,18,19)/t9-/m0/s1. The molecule has 0 aliphatic carbocycles. The molecule has 1 aromatic carbocycles. The van der Waals surface area contributed by atoms with Gasteiger partial charge in [-0.2, -0.15) is 26.3 Å². The lowest BCUT2D eigenvalue weighted by atomic mass is 9.99. The van der Waals surface area contributed by atoms with Gasteiger partial charge in [-0.05, 0) is 11.6 Å². The number of amides is 1. The summed E-state index contributed by atoms with van der Waals surface area (Å²) in [6.07, 6.45) is -9.95. The van der Waals surface area contributed by atoms with Gasteiger partial charge in [0.25, 0.3) is 0 Å². The summed E-state index contributed by atoms with van der Waals surface area (Å²) < 4.78 is 76.2. The molecule has 1 amide bonds. The molecule has 0 bridgehead atoms. The van der Waals surface area contributed by atoms with Crippen LogP contribution in [0.3, 0.4) is 0 Å². The minimum Gasteiger partial charge on any atom is -0.341 e. The van der Waals surface area contributed by atoms with Gasteiger partial charge < -0.3 is 5.32 Å². The highest BCUT2D eigenvalue weighted by Crippen LogP contribution is 2.40. The summed E-state index contributed by atoms with van der Waals surface area (Å²) in [5.41, 5.74) is -2.45. The second-order valence-corrected chi connectivity index (χ2v) is 3.76. The van der Waals surface area contributed by atoms with Crippen LogP contribution in [0.15, 0.2) is 24.3 Å². The number of hydrogen-bond acceptors (Lipinski definition) is 1. The molecule has 0 heterocycles. The van der Waals surface area contributed by atoms with Crippen molar-refractivity contribution in [2.75, 3.05) is 0 Å². The van der Waals surface area contributed by atoms with Crippen LogP contribution < -0.4 is 5.32 Å². The Kier molecular flexibility index (Phi) is 4.12. The molecule has 0 radical (unpaired) electrons. The van der Waals surface area contributed by atoms with Crippen LogP contribution in [-0.4, -0.2) is 12.1 Å². The highest BCUT2D eigenvalue weighted by Gasteiger charge is 2.46. The van der Waals surface area contributed by atoms with Gasteiger partial charge in [0, 0.05) is 6.92 Å². The SMILES string of the molecule is CC(=O)N[C@@H](c1ccccc1C(F)(F)F)C(F)(F)F. The van der Waals surface area contributed by atoms with Crippen molar-refractivity contribution in [1.82, 2.24) is 5.32 Å². The van der Waals surface area contributed by atoms with Crippen molar-refractivity contribution < 1.29 is 31.1 Å². The molecule has 1 rings (SSSR count). The molecule has 0 aliphatic rings.